The first kappa shape index (κ1) is 11.7. The zero-order valence-electron chi connectivity index (χ0n) is 10.0. The van der Waals surface area contributed by atoms with E-state index in [1.807, 2.05) is 0 Å². The molecule has 0 saturated carbocycles. The van der Waals surface area contributed by atoms with Crippen LogP contribution in [0.5, 0.6) is 0 Å². The highest BCUT2D eigenvalue weighted by Crippen LogP contribution is 2.26. The van der Waals surface area contributed by atoms with Crippen molar-refractivity contribution in [3.05, 3.63) is 0 Å². The molecule has 3 unspecified atom stereocenters. The van der Waals surface area contributed by atoms with Gasteiger partial charge in [0.25, 0.3) is 0 Å². The van der Waals surface area contributed by atoms with Gasteiger partial charge >= 0.3 is 0 Å². The van der Waals surface area contributed by atoms with Crippen LogP contribution < -0.4 is 5.32 Å². The minimum Gasteiger partial charge on any atom is -0.317 e. The molecule has 2 fully saturated rings. The summed E-state index contributed by atoms with van der Waals surface area (Å²) in [5.41, 5.74) is 0. The summed E-state index contributed by atoms with van der Waals surface area (Å²) >= 11 is 2.14. The molecule has 2 saturated heterocycles. The largest absolute Gasteiger partial charge is 0.317 e. The van der Waals surface area contributed by atoms with E-state index in [9.17, 15) is 0 Å². The van der Waals surface area contributed by atoms with E-state index < -0.39 is 0 Å². The Bertz CT molecular complexity index is 192. The van der Waals surface area contributed by atoms with Crippen LogP contribution in [0.1, 0.15) is 19.8 Å². The van der Waals surface area contributed by atoms with E-state index in [1.54, 1.807) is 0 Å². The number of rotatable bonds is 3. The molecule has 0 aromatic carbocycles. The topological polar surface area (TPSA) is 15.3 Å². The molecule has 0 bridgehead atoms. The highest BCUT2D eigenvalue weighted by molar-refractivity contribution is 7.99. The van der Waals surface area contributed by atoms with Crippen LogP contribution in [0.3, 0.4) is 0 Å². The van der Waals surface area contributed by atoms with Gasteiger partial charge in [0.15, 0.2) is 0 Å². The van der Waals surface area contributed by atoms with E-state index >= 15 is 0 Å². The van der Waals surface area contributed by atoms with Crippen molar-refractivity contribution >= 4 is 11.8 Å². The van der Waals surface area contributed by atoms with Crippen molar-refractivity contribution < 1.29 is 0 Å². The first-order chi connectivity index (χ1) is 7.29. The second kappa shape index (κ2) is 5.55. The number of nitrogens with zero attached hydrogens (tertiary/aromatic N) is 1. The van der Waals surface area contributed by atoms with Gasteiger partial charge in [-0.3, -0.25) is 0 Å². The van der Waals surface area contributed by atoms with Crippen LogP contribution in [0, 0.1) is 11.8 Å². The predicted octanol–water partition coefficient (Wildman–Crippen LogP) is 1.67. The molecule has 0 amide bonds. The lowest BCUT2D eigenvalue weighted by Gasteiger charge is -2.37. The summed E-state index contributed by atoms with van der Waals surface area (Å²) in [4.78, 5) is 2.69. The van der Waals surface area contributed by atoms with Gasteiger partial charge in [-0.1, -0.05) is 6.92 Å². The van der Waals surface area contributed by atoms with Crippen molar-refractivity contribution in [3.8, 4) is 0 Å². The van der Waals surface area contributed by atoms with Crippen molar-refractivity contribution in [1.82, 2.24) is 10.2 Å². The first-order valence-corrected chi connectivity index (χ1v) is 7.42. The Labute approximate surface area is 98.2 Å². The molecule has 0 aliphatic carbocycles. The third-order valence-electron chi connectivity index (χ3n) is 3.90. The van der Waals surface area contributed by atoms with Gasteiger partial charge < -0.3 is 10.2 Å². The molecule has 2 nitrogen and oxygen atoms in total. The molecule has 2 heterocycles. The number of hydrogen-bond acceptors (Lipinski definition) is 3. The molecule has 15 heavy (non-hydrogen) atoms. The van der Waals surface area contributed by atoms with Gasteiger partial charge in [-0.25, -0.2) is 0 Å². The van der Waals surface area contributed by atoms with Gasteiger partial charge in [0.05, 0.1) is 0 Å². The summed E-state index contributed by atoms with van der Waals surface area (Å²) in [6.07, 6.45) is 2.78. The summed E-state index contributed by atoms with van der Waals surface area (Å²) < 4.78 is 0. The molecular weight excluding hydrogens is 204 g/mol. The minimum atomic E-state index is 0.749. The average molecular weight is 228 g/mol. The molecule has 3 atom stereocenters. The fraction of sp³-hybridized carbons (Fsp3) is 1.00. The molecule has 2 rings (SSSR count). The van der Waals surface area contributed by atoms with Crippen molar-refractivity contribution in [2.75, 3.05) is 38.2 Å². The van der Waals surface area contributed by atoms with Crippen molar-refractivity contribution in [3.63, 3.8) is 0 Å². The van der Waals surface area contributed by atoms with Gasteiger partial charge in [-0.2, -0.15) is 11.8 Å². The zero-order chi connectivity index (χ0) is 10.7. The van der Waals surface area contributed by atoms with Crippen LogP contribution in [0.2, 0.25) is 0 Å². The number of thioether (sulfide) groups is 1. The molecule has 2 aliphatic rings. The quantitative estimate of drug-likeness (QED) is 0.791. The third kappa shape index (κ3) is 3.11. The summed E-state index contributed by atoms with van der Waals surface area (Å²) in [7, 11) is 2.10. The molecule has 0 aromatic heterocycles. The van der Waals surface area contributed by atoms with Gasteiger partial charge in [0.2, 0.25) is 0 Å². The van der Waals surface area contributed by atoms with Gasteiger partial charge in [-0.05, 0) is 49.8 Å². The van der Waals surface area contributed by atoms with E-state index in [4.69, 9.17) is 0 Å². The lowest BCUT2D eigenvalue weighted by molar-refractivity contribution is 0.136. The predicted molar refractivity (Wildman–Crippen MR) is 68.5 cm³/mol. The molecule has 2 aliphatic heterocycles. The van der Waals surface area contributed by atoms with E-state index in [1.165, 1.54) is 44.0 Å². The smallest absolute Gasteiger partial charge is 0.0114 e. The Morgan fingerprint density at radius 3 is 2.87 bits per heavy atom. The second-order valence-corrected chi connectivity index (χ2v) is 6.30. The van der Waals surface area contributed by atoms with E-state index in [2.05, 4.69) is 35.9 Å². The number of piperidine rings is 1. The fourth-order valence-corrected chi connectivity index (χ4v) is 4.19. The summed E-state index contributed by atoms with van der Waals surface area (Å²) in [6, 6.07) is 0.749. The Morgan fingerprint density at radius 1 is 1.40 bits per heavy atom. The normalized spacial score (nSPS) is 38.4. The van der Waals surface area contributed by atoms with Gasteiger partial charge in [0, 0.05) is 19.1 Å². The van der Waals surface area contributed by atoms with E-state index in [0.717, 1.165) is 17.9 Å². The maximum Gasteiger partial charge on any atom is 0.0114 e. The Morgan fingerprint density at radius 2 is 2.27 bits per heavy atom. The van der Waals surface area contributed by atoms with E-state index in [0.29, 0.717) is 0 Å². The lowest BCUT2D eigenvalue weighted by Crippen LogP contribution is -2.48. The SMILES string of the molecule is CNC1CCN(CC2CCSC2)CC1C. The molecule has 0 spiro atoms. The van der Waals surface area contributed by atoms with Gasteiger partial charge in [-0.15, -0.1) is 0 Å². The van der Waals surface area contributed by atoms with Crippen LogP contribution in [-0.4, -0.2) is 49.1 Å². The maximum absolute atomic E-state index is 3.44. The van der Waals surface area contributed by atoms with Crippen LogP contribution in [0.4, 0.5) is 0 Å². The molecule has 88 valence electrons. The maximum atomic E-state index is 3.44. The van der Waals surface area contributed by atoms with Crippen LogP contribution in [0.25, 0.3) is 0 Å². The number of likely N-dealkylation sites (tertiary alicyclic amines) is 1. The fourth-order valence-electron chi connectivity index (χ4n) is 2.92. The number of hydrogen-bond donors (Lipinski definition) is 1. The second-order valence-electron chi connectivity index (χ2n) is 5.15. The molecular formula is C12H24N2S. The molecule has 0 radical (unpaired) electrons. The Balaban J connectivity index is 1.75. The summed E-state index contributed by atoms with van der Waals surface area (Å²) in [5.74, 6) is 4.60. The average Bonchev–Trinajstić information content (AvgIpc) is 2.71. The van der Waals surface area contributed by atoms with Crippen LogP contribution in [0.15, 0.2) is 0 Å². The molecule has 1 N–H and O–H groups in total. The van der Waals surface area contributed by atoms with Crippen molar-refractivity contribution in [2.24, 2.45) is 11.8 Å². The zero-order valence-corrected chi connectivity index (χ0v) is 10.9. The monoisotopic (exact) mass is 228 g/mol. The lowest BCUT2D eigenvalue weighted by atomic mass is 9.93. The summed E-state index contributed by atoms with van der Waals surface area (Å²) in [5, 5.41) is 3.44. The van der Waals surface area contributed by atoms with Crippen molar-refractivity contribution in [1.29, 1.82) is 0 Å². The first-order valence-electron chi connectivity index (χ1n) is 6.27. The highest BCUT2D eigenvalue weighted by Gasteiger charge is 2.27. The van der Waals surface area contributed by atoms with Crippen LogP contribution in [-0.2, 0) is 0 Å². The Kier molecular flexibility index (Phi) is 4.35. The minimum absolute atomic E-state index is 0.749. The highest BCUT2D eigenvalue weighted by atomic mass is 32.2. The van der Waals surface area contributed by atoms with Crippen molar-refractivity contribution in [2.45, 2.75) is 25.8 Å². The van der Waals surface area contributed by atoms with Gasteiger partial charge in [0.1, 0.15) is 0 Å². The Hall–Kier alpha value is 0.270. The number of nitrogens with one attached hydrogen (secondary N) is 1. The third-order valence-corrected chi connectivity index (χ3v) is 5.13. The summed E-state index contributed by atoms with van der Waals surface area (Å²) in [6.45, 7) is 6.34. The van der Waals surface area contributed by atoms with Crippen LogP contribution >= 0.6 is 11.8 Å². The van der Waals surface area contributed by atoms with E-state index in [-0.39, 0.29) is 0 Å². The standard InChI is InChI=1S/C12H24N2S/c1-10-7-14(5-3-12(10)13-2)8-11-4-6-15-9-11/h10-13H,3-9H2,1-2H3. The molecule has 3 heteroatoms. The molecule has 0 aromatic rings.